The van der Waals surface area contributed by atoms with E-state index in [-0.39, 0.29) is 11.4 Å². The molecule has 4 rings (SSSR count). The fourth-order valence-corrected chi connectivity index (χ4v) is 4.49. The quantitative estimate of drug-likeness (QED) is 0.477. The van der Waals surface area contributed by atoms with Gasteiger partial charge in [0.15, 0.2) is 0 Å². The van der Waals surface area contributed by atoms with Crippen molar-refractivity contribution in [2.75, 3.05) is 11.9 Å². The van der Waals surface area contributed by atoms with Gasteiger partial charge in [-0.3, -0.25) is 9.59 Å². The Morgan fingerprint density at radius 1 is 1.00 bits per heavy atom. The van der Waals surface area contributed by atoms with Crippen LogP contribution in [0.15, 0.2) is 66.7 Å². The van der Waals surface area contributed by atoms with Gasteiger partial charge in [-0.05, 0) is 49.1 Å². The topological polar surface area (TPSA) is 62.3 Å². The number of benzene rings is 2. The summed E-state index contributed by atoms with van der Waals surface area (Å²) in [4.78, 5) is 31.8. The monoisotopic (exact) mass is 485 g/mol. The SMILES string of the molecule is Cc1cccc(F)c1C(=O)N1CCCC(C(=O)Nc2cccc(C(F)(F)F)n2)C1c1ccccc1. The van der Waals surface area contributed by atoms with Crippen LogP contribution in [0.1, 0.15) is 46.1 Å². The average Bonchev–Trinajstić information content (AvgIpc) is 2.83. The zero-order valence-electron chi connectivity index (χ0n) is 18.8. The summed E-state index contributed by atoms with van der Waals surface area (Å²) in [6.07, 6.45) is -3.79. The number of hydrogen-bond donors (Lipinski definition) is 1. The maximum absolute atomic E-state index is 14.6. The number of piperidine rings is 1. The summed E-state index contributed by atoms with van der Waals surface area (Å²) in [6.45, 7) is 1.94. The van der Waals surface area contributed by atoms with Crippen molar-refractivity contribution in [1.82, 2.24) is 9.88 Å². The zero-order chi connectivity index (χ0) is 25.2. The van der Waals surface area contributed by atoms with Gasteiger partial charge in [0.05, 0.1) is 17.5 Å². The summed E-state index contributed by atoms with van der Waals surface area (Å²) in [5.41, 5.74) is -0.0346. The smallest absolute Gasteiger partial charge is 0.331 e. The molecule has 2 heterocycles. The van der Waals surface area contributed by atoms with E-state index >= 15 is 0 Å². The Kier molecular flexibility index (Phi) is 6.86. The first kappa shape index (κ1) is 24.4. The lowest BCUT2D eigenvalue weighted by Gasteiger charge is -2.41. The second kappa shape index (κ2) is 9.85. The predicted molar refractivity (Wildman–Crippen MR) is 122 cm³/mol. The molecule has 0 radical (unpaired) electrons. The number of carbonyl (C=O) groups excluding carboxylic acids is 2. The van der Waals surface area contributed by atoms with E-state index in [1.807, 2.05) is 0 Å². The lowest BCUT2D eigenvalue weighted by molar-refractivity contribution is -0.141. The minimum Gasteiger partial charge on any atom is -0.331 e. The lowest BCUT2D eigenvalue weighted by Crippen LogP contribution is -2.46. The standard InChI is InChI=1S/C26H23F4N3O2/c1-16-8-5-12-19(27)22(16)25(35)33-15-7-11-18(23(33)17-9-3-2-4-10-17)24(34)32-21-14-6-13-20(31-21)26(28,29)30/h2-6,8-10,12-14,18,23H,7,11,15H2,1H3,(H,31,32,34). The molecular weight excluding hydrogens is 462 g/mol. The molecule has 35 heavy (non-hydrogen) atoms. The predicted octanol–water partition coefficient (Wildman–Crippen LogP) is 5.78. The van der Waals surface area contributed by atoms with Crippen molar-refractivity contribution in [3.8, 4) is 0 Å². The summed E-state index contributed by atoms with van der Waals surface area (Å²) >= 11 is 0. The van der Waals surface area contributed by atoms with Gasteiger partial charge in [0.25, 0.3) is 5.91 Å². The number of halogens is 4. The maximum Gasteiger partial charge on any atom is 0.433 e. The van der Waals surface area contributed by atoms with Gasteiger partial charge in [-0.1, -0.05) is 48.5 Å². The molecule has 0 spiro atoms. The van der Waals surface area contributed by atoms with Crippen molar-refractivity contribution in [3.63, 3.8) is 0 Å². The molecule has 0 saturated carbocycles. The molecule has 182 valence electrons. The number of nitrogens with zero attached hydrogens (tertiary/aromatic N) is 2. The number of anilines is 1. The number of aromatic nitrogens is 1. The van der Waals surface area contributed by atoms with E-state index in [1.165, 1.54) is 23.1 Å². The molecule has 0 bridgehead atoms. The van der Waals surface area contributed by atoms with E-state index in [4.69, 9.17) is 0 Å². The van der Waals surface area contributed by atoms with Crippen molar-refractivity contribution < 1.29 is 27.2 Å². The van der Waals surface area contributed by atoms with Crippen LogP contribution in [-0.2, 0) is 11.0 Å². The third kappa shape index (κ3) is 5.18. The number of carbonyl (C=O) groups is 2. The Morgan fingerprint density at radius 2 is 1.71 bits per heavy atom. The van der Waals surface area contributed by atoms with Crippen molar-refractivity contribution in [3.05, 3.63) is 94.9 Å². The van der Waals surface area contributed by atoms with Crippen LogP contribution >= 0.6 is 0 Å². The Balaban J connectivity index is 1.68. The second-order valence-electron chi connectivity index (χ2n) is 8.43. The highest BCUT2D eigenvalue weighted by Crippen LogP contribution is 2.38. The van der Waals surface area contributed by atoms with Gasteiger partial charge in [0, 0.05) is 6.54 Å². The van der Waals surface area contributed by atoms with Gasteiger partial charge >= 0.3 is 6.18 Å². The molecule has 2 unspecified atom stereocenters. The van der Waals surface area contributed by atoms with Crippen LogP contribution in [-0.4, -0.2) is 28.2 Å². The van der Waals surface area contributed by atoms with E-state index in [0.717, 1.165) is 12.1 Å². The molecule has 1 aromatic heterocycles. The van der Waals surface area contributed by atoms with Gasteiger partial charge in [0.1, 0.15) is 17.3 Å². The lowest BCUT2D eigenvalue weighted by atomic mass is 9.83. The highest BCUT2D eigenvalue weighted by atomic mass is 19.4. The molecule has 2 atom stereocenters. The van der Waals surface area contributed by atoms with Gasteiger partial charge in [-0.15, -0.1) is 0 Å². The van der Waals surface area contributed by atoms with Crippen LogP contribution in [0.3, 0.4) is 0 Å². The molecule has 2 amide bonds. The second-order valence-corrected chi connectivity index (χ2v) is 8.43. The molecule has 1 N–H and O–H groups in total. The van der Waals surface area contributed by atoms with E-state index in [2.05, 4.69) is 10.3 Å². The molecular formula is C26H23F4N3O2. The van der Waals surface area contributed by atoms with Gasteiger partial charge in [0.2, 0.25) is 5.91 Å². The number of aryl methyl sites for hydroxylation is 1. The normalized spacial score (nSPS) is 18.3. The number of amides is 2. The minimum atomic E-state index is -4.65. The van der Waals surface area contributed by atoms with E-state index in [0.29, 0.717) is 30.5 Å². The highest BCUT2D eigenvalue weighted by Gasteiger charge is 2.41. The molecule has 9 heteroatoms. The number of likely N-dealkylation sites (tertiary alicyclic amines) is 1. The molecule has 3 aromatic rings. The number of alkyl halides is 3. The molecule has 2 aromatic carbocycles. The van der Waals surface area contributed by atoms with Gasteiger partial charge in [-0.2, -0.15) is 13.2 Å². The summed E-state index contributed by atoms with van der Waals surface area (Å²) in [5.74, 6) is -2.76. The van der Waals surface area contributed by atoms with Crippen molar-refractivity contribution >= 4 is 17.6 Å². The first-order valence-corrected chi connectivity index (χ1v) is 11.1. The first-order valence-electron chi connectivity index (χ1n) is 11.1. The molecule has 0 aliphatic carbocycles. The maximum atomic E-state index is 14.6. The van der Waals surface area contributed by atoms with Crippen LogP contribution in [0.4, 0.5) is 23.4 Å². The Morgan fingerprint density at radius 3 is 2.40 bits per heavy atom. The summed E-state index contributed by atoms with van der Waals surface area (Å²) < 4.78 is 53.8. The van der Waals surface area contributed by atoms with Crippen molar-refractivity contribution in [2.45, 2.75) is 32.0 Å². The molecule has 1 aliphatic heterocycles. The molecule has 5 nitrogen and oxygen atoms in total. The minimum absolute atomic E-state index is 0.0611. The number of nitrogens with one attached hydrogen (secondary N) is 1. The third-order valence-electron chi connectivity index (χ3n) is 6.10. The molecule has 1 aliphatic rings. The Bertz CT molecular complexity index is 1210. The van der Waals surface area contributed by atoms with Crippen molar-refractivity contribution in [2.24, 2.45) is 5.92 Å². The van der Waals surface area contributed by atoms with Crippen molar-refractivity contribution in [1.29, 1.82) is 0 Å². The summed E-state index contributed by atoms with van der Waals surface area (Å²) in [7, 11) is 0. The van der Waals surface area contributed by atoms with Crippen LogP contribution in [0, 0.1) is 18.7 Å². The van der Waals surface area contributed by atoms with E-state index in [9.17, 15) is 27.2 Å². The van der Waals surface area contributed by atoms with Gasteiger partial charge < -0.3 is 10.2 Å². The van der Waals surface area contributed by atoms with Crippen LogP contribution in [0.5, 0.6) is 0 Å². The summed E-state index contributed by atoms with van der Waals surface area (Å²) in [5, 5.41) is 2.48. The first-order chi connectivity index (χ1) is 16.7. The molecule has 1 saturated heterocycles. The molecule has 1 fully saturated rings. The summed E-state index contributed by atoms with van der Waals surface area (Å²) in [6, 6.07) is 15.8. The third-order valence-corrected chi connectivity index (χ3v) is 6.10. The zero-order valence-corrected chi connectivity index (χ0v) is 18.8. The number of rotatable bonds is 4. The number of pyridine rings is 1. The van der Waals surface area contributed by atoms with E-state index in [1.54, 1.807) is 43.3 Å². The van der Waals surface area contributed by atoms with Crippen LogP contribution in [0.2, 0.25) is 0 Å². The Labute approximate surface area is 199 Å². The Hall–Kier alpha value is -3.75. The largest absolute Gasteiger partial charge is 0.433 e. The van der Waals surface area contributed by atoms with Crippen LogP contribution < -0.4 is 5.32 Å². The number of hydrogen-bond acceptors (Lipinski definition) is 3. The fraction of sp³-hybridized carbons (Fsp3) is 0.269. The van der Waals surface area contributed by atoms with Gasteiger partial charge in [-0.25, -0.2) is 9.37 Å². The highest BCUT2D eigenvalue weighted by molar-refractivity contribution is 5.98. The average molecular weight is 485 g/mol. The fourth-order valence-electron chi connectivity index (χ4n) is 4.49. The van der Waals surface area contributed by atoms with Crippen LogP contribution in [0.25, 0.3) is 0 Å². The van der Waals surface area contributed by atoms with E-state index < -0.39 is 41.5 Å².